The monoisotopic (exact) mass is 478 g/mol. The van der Waals surface area contributed by atoms with Crippen LogP contribution in [0.2, 0.25) is 0 Å². The number of hydrogen-bond donors (Lipinski definition) is 0. The van der Waals surface area contributed by atoms with Crippen molar-refractivity contribution >= 4 is 28.0 Å². The van der Waals surface area contributed by atoms with Crippen LogP contribution in [0.1, 0.15) is 29.5 Å². The molecule has 2 aromatic carbocycles. The van der Waals surface area contributed by atoms with E-state index in [4.69, 9.17) is 0 Å². The number of benzene rings is 2. The number of fused-ring (bicyclic) bond motifs is 2. The fourth-order valence-electron chi connectivity index (χ4n) is 3.91. The summed E-state index contributed by atoms with van der Waals surface area (Å²) >= 11 is -0.689. The maximum atomic E-state index is 2.53. The molecule has 2 aromatic rings. The van der Waals surface area contributed by atoms with E-state index in [2.05, 4.69) is 87.3 Å². The third-order valence-corrected chi connectivity index (χ3v) is 13.9. The van der Waals surface area contributed by atoms with Gasteiger partial charge in [-0.3, -0.25) is 0 Å². The van der Waals surface area contributed by atoms with Gasteiger partial charge in [0.2, 0.25) is 0 Å². The first-order chi connectivity index (χ1) is 12.1. The first-order valence-electron chi connectivity index (χ1n) is 8.78. The zero-order chi connectivity index (χ0) is 17.6. The van der Waals surface area contributed by atoms with Crippen LogP contribution in [0, 0.1) is 0 Å². The predicted molar refractivity (Wildman–Crippen MR) is 112 cm³/mol. The minimum absolute atomic E-state index is 0. The summed E-state index contributed by atoms with van der Waals surface area (Å²) in [5.74, 6) is 0. The molecule has 0 N–H and O–H groups in total. The molecule has 2 aliphatic rings. The molecule has 4 rings (SSSR count). The van der Waals surface area contributed by atoms with E-state index in [0.717, 1.165) is 7.25 Å². The summed E-state index contributed by atoms with van der Waals surface area (Å²) in [5, 5.41) is 3.51. The molecule has 2 unspecified atom stereocenters. The molecule has 0 saturated heterocycles. The van der Waals surface area contributed by atoms with Crippen molar-refractivity contribution in [1.29, 1.82) is 0 Å². The van der Waals surface area contributed by atoms with Crippen molar-refractivity contribution in [2.75, 3.05) is 26.7 Å². The van der Waals surface area contributed by atoms with Gasteiger partial charge in [-0.2, -0.15) is 0 Å². The summed E-state index contributed by atoms with van der Waals surface area (Å²) < 4.78 is 1.52. The molecule has 2 atom stereocenters. The summed E-state index contributed by atoms with van der Waals surface area (Å²) in [6.45, 7) is 9.74. The van der Waals surface area contributed by atoms with Gasteiger partial charge in [0.05, 0.1) is 0 Å². The maximum Gasteiger partial charge on any atom is -1.00 e. The zero-order valence-corrected chi connectivity index (χ0v) is 20.3. The topological polar surface area (TPSA) is 0 Å². The van der Waals surface area contributed by atoms with Gasteiger partial charge in [0, 0.05) is 0 Å². The van der Waals surface area contributed by atoms with Gasteiger partial charge in [-0.1, -0.05) is 0 Å². The molecule has 0 spiro atoms. The van der Waals surface area contributed by atoms with Crippen LogP contribution in [0.3, 0.4) is 0 Å². The molecule has 0 fully saturated rings. The second-order valence-corrected chi connectivity index (χ2v) is 15.5. The van der Waals surface area contributed by atoms with E-state index >= 15 is 0 Å². The predicted octanol–water partition coefficient (Wildman–Crippen LogP) is 0.752. The van der Waals surface area contributed by atoms with E-state index in [-0.39, 0.29) is 25.3 Å². The Kier molecular flexibility index (Phi) is 7.90. The van der Waals surface area contributed by atoms with Crippen LogP contribution >= 0.6 is 15.8 Å². The van der Waals surface area contributed by atoms with E-state index < -0.39 is 23.2 Å². The second-order valence-electron chi connectivity index (χ2n) is 7.22. The first-order valence-corrected chi connectivity index (χ1v) is 16.1. The van der Waals surface area contributed by atoms with E-state index in [1.54, 1.807) is 21.8 Å². The van der Waals surface area contributed by atoms with Crippen LogP contribution in [0.25, 0.3) is 12.2 Å². The Hall–Kier alpha value is -0.477. The Balaban J connectivity index is 0.00000131. The minimum atomic E-state index is -0.689. The number of allylic oxidation sites excluding steroid dienone is 2. The summed E-state index contributed by atoms with van der Waals surface area (Å²) in [7, 11) is -0.0298. The third kappa shape index (κ3) is 4.27. The molecule has 27 heavy (non-hydrogen) atoms. The fraction of sp³-hybridized carbons (Fsp3) is 0.273. The van der Waals surface area contributed by atoms with Crippen molar-refractivity contribution in [2.24, 2.45) is 0 Å². The van der Waals surface area contributed by atoms with Crippen LogP contribution in [0.5, 0.6) is 0 Å². The minimum Gasteiger partial charge on any atom is -1.00 e. The average molecular weight is 480 g/mol. The number of halogens is 2. The molecule has 0 amide bonds. The zero-order valence-electron chi connectivity index (χ0n) is 16.1. The van der Waals surface area contributed by atoms with Gasteiger partial charge < -0.3 is 9.41 Å². The molecular formula is C22H24F2P2Zr. The third-order valence-electron chi connectivity index (χ3n) is 5.18. The Labute approximate surface area is 175 Å². The van der Waals surface area contributed by atoms with E-state index in [1.807, 2.05) is 0 Å². The van der Waals surface area contributed by atoms with Gasteiger partial charge in [0.25, 0.3) is 0 Å². The standard InChI is InChI=1S/2C11H12P.2FH.Zr/c2*1-12(2)11-7-9-5-3-4-6-10(9)8-11;;;/h2*3-8H,1-2H3;2*1H;/q;;;;+2/p-2. The van der Waals surface area contributed by atoms with Crippen molar-refractivity contribution < 1.29 is 32.6 Å². The summed E-state index contributed by atoms with van der Waals surface area (Å²) in [5.41, 5.74) is 6.24. The molecule has 0 aromatic heterocycles. The van der Waals surface area contributed by atoms with E-state index in [9.17, 15) is 0 Å². The van der Waals surface area contributed by atoms with Crippen molar-refractivity contribution in [1.82, 2.24) is 0 Å². The molecule has 0 bridgehead atoms. The van der Waals surface area contributed by atoms with E-state index in [1.165, 1.54) is 11.1 Å². The first kappa shape index (κ1) is 22.8. The quantitative estimate of drug-likeness (QED) is 0.568. The van der Waals surface area contributed by atoms with Gasteiger partial charge in [-0.15, -0.1) is 0 Å². The molecule has 0 heterocycles. The molecule has 0 radical (unpaired) electrons. The van der Waals surface area contributed by atoms with Crippen molar-refractivity contribution in [3.63, 3.8) is 0 Å². The van der Waals surface area contributed by atoms with Crippen molar-refractivity contribution in [3.05, 3.63) is 81.4 Å². The molecular weight excluding hydrogens is 455 g/mol. The Morgan fingerprint density at radius 1 is 0.630 bits per heavy atom. The van der Waals surface area contributed by atoms with Gasteiger partial charge in [0.1, 0.15) is 0 Å². The van der Waals surface area contributed by atoms with Gasteiger partial charge >= 0.3 is 167 Å². The summed E-state index contributed by atoms with van der Waals surface area (Å²) in [6, 6.07) is 18.3. The van der Waals surface area contributed by atoms with Gasteiger partial charge in [-0.05, 0) is 0 Å². The van der Waals surface area contributed by atoms with Crippen LogP contribution < -0.4 is 9.41 Å². The average Bonchev–Trinajstić information content (AvgIpc) is 3.15. The van der Waals surface area contributed by atoms with E-state index in [0.29, 0.717) is 0 Å². The normalized spacial score (nSPS) is 19.5. The number of hydrogen-bond acceptors (Lipinski definition) is 0. The smallest absolute Gasteiger partial charge is 1.00 e. The van der Waals surface area contributed by atoms with Gasteiger partial charge in [-0.25, -0.2) is 0 Å². The SMILES string of the molecule is CP(C)C1=Cc2ccccc2[CH]1[Zr+2][CH]1C(P(C)C)=Cc2ccccc21.[F-].[F-]. The van der Waals surface area contributed by atoms with Crippen LogP contribution in [0.15, 0.2) is 59.2 Å². The Morgan fingerprint density at radius 3 is 1.37 bits per heavy atom. The van der Waals surface area contributed by atoms with Crippen molar-refractivity contribution in [2.45, 2.75) is 7.25 Å². The maximum absolute atomic E-state index is 2.53. The molecule has 140 valence electrons. The molecule has 2 aliphatic carbocycles. The number of rotatable bonds is 4. The molecule has 0 nitrogen and oxygen atoms in total. The molecule has 0 aliphatic heterocycles. The second kappa shape index (κ2) is 9.35. The largest absolute Gasteiger partial charge is 1.00 e. The van der Waals surface area contributed by atoms with Crippen molar-refractivity contribution in [3.8, 4) is 0 Å². The Morgan fingerprint density at radius 2 is 1.00 bits per heavy atom. The van der Waals surface area contributed by atoms with Crippen LogP contribution in [-0.4, -0.2) is 26.7 Å². The molecule has 0 saturated carbocycles. The van der Waals surface area contributed by atoms with Crippen LogP contribution in [-0.2, 0) is 23.2 Å². The Bertz CT molecular complexity index is 803. The van der Waals surface area contributed by atoms with Crippen LogP contribution in [0.4, 0.5) is 0 Å². The summed E-state index contributed by atoms with van der Waals surface area (Å²) in [6.07, 6.45) is 5.05. The molecule has 5 heteroatoms. The fourth-order valence-corrected chi connectivity index (χ4v) is 14.9. The summed E-state index contributed by atoms with van der Waals surface area (Å²) in [4.78, 5) is 0. The van der Waals surface area contributed by atoms with Gasteiger partial charge in [0.15, 0.2) is 0 Å².